The molecule has 0 fully saturated rings. The molecule has 0 bridgehead atoms. The number of aromatic amines is 1. The molecule has 1 amide bonds. The number of aryl methyl sites for hydroxylation is 1. The van der Waals surface area contributed by atoms with Gasteiger partial charge in [0.15, 0.2) is 11.0 Å². The first kappa shape index (κ1) is 16.5. The Hall–Kier alpha value is -2.39. The molecule has 0 radical (unpaired) electrons. The normalized spacial score (nSPS) is 10.5. The van der Waals surface area contributed by atoms with Gasteiger partial charge in [-0.2, -0.15) is 0 Å². The van der Waals surface area contributed by atoms with Crippen LogP contribution in [-0.4, -0.2) is 31.8 Å². The number of hydrogen-bond acceptors (Lipinski definition) is 7. The number of aromatic nitrogens is 4. The van der Waals surface area contributed by atoms with E-state index in [2.05, 4.69) is 25.5 Å². The first-order valence-electron chi connectivity index (χ1n) is 7.12. The zero-order valence-corrected chi connectivity index (χ0v) is 14.5. The summed E-state index contributed by atoms with van der Waals surface area (Å²) >= 11 is 2.63. The molecule has 3 aromatic rings. The molecule has 9 heteroatoms. The maximum atomic E-state index is 11.8. The lowest BCUT2D eigenvalue weighted by Gasteiger charge is -2.04. The van der Waals surface area contributed by atoms with Crippen LogP contribution in [0.2, 0.25) is 0 Å². The number of nitrogens with zero attached hydrogens (tertiary/aromatic N) is 3. The van der Waals surface area contributed by atoms with Crippen molar-refractivity contribution < 1.29 is 9.53 Å². The summed E-state index contributed by atoms with van der Waals surface area (Å²) in [5.41, 5.74) is 1.13. The number of thioether (sulfide) groups is 1. The van der Waals surface area contributed by atoms with Crippen LogP contribution in [0.15, 0.2) is 41.0 Å². The van der Waals surface area contributed by atoms with Crippen molar-refractivity contribution in [3.8, 4) is 5.75 Å². The second kappa shape index (κ2) is 7.93. The highest BCUT2D eigenvalue weighted by Crippen LogP contribution is 2.16. The predicted molar refractivity (Wildman–Crippen MR) is 93.4 cm³/mol. The third kappa shape index (κ3) is 4.80. The zero-order chi connectivity index (χ0) is 16.8. The third-order valence-electron chi connectivity index (χ3n) is 2.89. The van der Waals surface area contributed by atoms with E-state index >= 15 is 0 Å². The van der Waals surface area contributed by atoms with Gasteiger partial charge in [0.1, 0.15) is 12.4 Å². The molecule has 0 saturated heterocycles. The number of H-pyrrole nitrogens is 1. The lowest BCUT2D eigenvalue weighted by atomic mass is 10.2. The van der Waals surface area contributed by atoms with Crippen LogP contribution < -0.4 is 10.1 Å². The number of carbonyl (C=O) groups is 1. The number of rotatable bonds is 7. The fourth-order valence-corrected chi connectivity index (χ4v) is 3.00. The molecule has 2 aromatic heterocycles. The molecule has 0 atom stereocenters. The monoisotopic (exact) mass is 361 g/mol. The van der Waals surface area contributed by atoms with Gasteiger partial charge < -0.3 is 10.1 Å². The number of amides is 1. The Balaban J connectivity index is 1.46. The van der Waals surface area contributed by atoms with Crippen LogP contribution in [0.4, 0.5) is 5.13 Å². The number of nitrogens with one attached hydrogen (secondary N) is 2. The Morgan fingerprint density at radius 1 is 1.46 bits per heavy atom. The van der Waals surface area contributed by atoms with E-state index < -0.39 is 0 Å². The largest absolute Gasteiger partial charge is 0.486 e. The van der Waals surface area contributed by atoms with Crippen LogP contribution in [0.1, 0.15) is 11.4 Å². The van der Waals surface area contributed by atoms with Crippen molar-refractivity contribution in [1.82, 2.24) is 20.2 Å². The number of hydrogen-bond donors (Lipinski definition) is 2. The maximum Gasteiger partial charge on any atom is 0.236 e. The van der Waals surface area contributed by atoms with Crippen LogP contribution >= 0.6 is 23.1 Å². The predicted octanol–water partition coefficient (Wildman–Crippen LogP) is 2.88. The van der Waals surface area contributed by atoms with E-state index in [4.69, 9.17) is 4.74 Å². The van der Waals surface area contributed by atoms with E-state index in [1.807, 2.05) is 31.2 Å². The zero-order valence-electron chi connectivity index (χ0n) is 12.9. The van der Waals surface area contributed by atoms with Crippen molar-refractivity contribution in [2.24, 2.45) is 0 Å². The van der Waals surface area contributed by atoms with Gasteiger partial charge >= 0.3 is 0 Å². The van der Waals surface area contributed by atoms with E-state index in [1.54, 1.807) is 11.6 Å². The van der Waals surface area contributed by atoms with Crippen molar-refractivity contribution in [3.05, 3.63) is 47.2 Å². The van der Waals surface area contributed by atoms with Crippen molar-refractivity contribution in [1.29, 1.82) is 0 Å². The molecule has 3 rings (SSSR count). The van der Waals surface area contributed by atoms with Gasteiger partial charge in [0.2, 0.25) is 11.1 Å². The summed E-state index contributed by atoms with van der Waals surface area (Å²) in [6.07, 6.45) is 1.64. The Morgan fingerprint density at radius 2 is 2.38 bits per heavy atom. The van der Waals surface area contributed by atoms with Gasteiger partial charge in [-0.05, 0) is 24.6 Å². The molecule has 1 aromatic carbocycles. The van der Waals surface area contributed by atoms with Gasteiger partial charge in [0.25, 0.3) is 0 Å². The van der Waals surface area contributed by atoms with Crippen LogP contribution in [0, 0.1) is 6.92 Å². The highest BCUT2D eigenvalue weighted by molar-refractivity contribution is 7.99. The third-order valence-corrected chi connectivity index (χ3v) is 4.42. The summed E-state index contributed by atoms with van der Waals surface area (Å²) in [4.78, 5) is 20.1. The molecule has 2 heterocycles. The molecule has 7 nitrogen and oxygen atoms in total. The number of carbonyl (C=O) groups excluding carboxylic acids is 1. The highest BCUT2D eigenvalue weighted by atomic mass is 32.2. The van der Waals surface area contributed by atoms with Crippen molar-refractivity contribution in [2.45, 2.75) is 18.7 Å². The molecule has 124 valence electrons. The van der Waals surface area contributed by atoms with E-state index in [9.17, 15) is 4.79 Å². The minimum atomic E-state index is -0.141. The van der Waals surface area contributed by atoms with Gasteiger partial charge in [-0.25, -0.2) is 9.97 Å². The first-order chi connectivity index (χ1) is 11.7. The van der Waals surface area contributed by atoms with Crippen LogP contribution in [0.25, 0.3) is 0 Å². The molecule has 0 saturated carbocycles. The standard InChI is InChI=1S/C15H15N5O2S2/c1-10-3-2-4-11(7-10)22-8-12-17-15(20-19-12)24-9-13(21)18-14-16-5-6-23-14/h2-7H,8-9H2,1H3,(H,16,18,21)(H,17,19,20). The number of thiazole rings is 1. The molecule has 0 aliphatic carbocycles. The number of anilines is 1. The minimum absolute atomic E-state index is 0.141. The maximum absolute atomic E-state index is 11.8. The van der Waals surface area contributed by atoms with Gasteiger partial charge in [-0.1, -0.05) is 23.9 Å². The van der Waals surface area contributed by atoms with Crippen LogP contribution in [0.3, 0.4) is 0 Å². The Bertz CT molecular complexity index is 804. The Kier molecular flexibility index (Phi) is 5.44. The quantitative estimate of drug-likeness (QED) is 0.629. The molecular weight excluding hydrogens is 346 g/mol. The van der Waals surface area contributed by atoms with Gasteiger partial charge in [0.05, 0.1) is 5.75 Å². The average molecular weight is 361 g/mol. The second-order valence-corrected chi connectivity index (χ2v) is 6.68. The van der Waals surface area contributed by atoms with E-state index in [1.165, 1.54) is 23.1 Å². The summed E-state index contributed by atoms with van der Waals surface area (Å²) in [6, 6.07) is 7.79. The molecule has 0 aliphatic rings. The number of benzene rings is 1. The second-order valence-electron chi connectivity index (χ2n) is 4.84. The fourth-order valence-electron chi connectivity index (χ4n) is 1.83. The van der Waals surface area contributed by atoms with E-state index in [-0.39, 0.29) is 11.7 Å². The molecular formula is C15H15N5O2S2. The Morgan fingerprint density at radius 3 is 3.17 bits per heavy atom. The summed E-state index contributed by atoms with van der Waals surface area (Å²) in [6.45, 7) is 2.30. The summed E-state index contributed by atoms with van der Waals surface area (Å²) in [5.74, 6) is 1.47. The lowest BCUT2D eigenvalue weighted by Crippen LogP contribution is -2.13. The summed E-state index contributed by atoms with van der Waals surface area (Å²) in [7, 11) is 0. The van der Waals surface area contributed by atoms with Crippen molar-refractivity contribution in [3.63, 3.8) is 0 Å². The van der Waals surface area contributed by atoms with Gasteiger partial charge in [-0.15, -0.1) is 16.4 Å². The molecule has 0 spiro atoms. The summed E-state index contributed by atoms with van der Waals surface area (Å²) in [5, 5.41) is 12.5. The first-order valence-corrected chi connectivity index (χ1v) is 8.98. The van der Waals surface area contributed by atoms with Crippen molar-refractivity contribution >= 4 is 34.1 Å². The van der Waals surface area contributed by atoms with Gasteiger partial charge in [-0.3, -0.25) is 9.89 Å². The van der Waals surface area contributed by atoms with Crippen LogP contribution in [-0.2, 0) is 11.4 Å². The van der Waals surface area contributed by atoms with Gasteiger partial charge in [0, 0.05) is 11.6 Å². The molecule has 0 aliphatic heterocycles. The fraction of sp³-hybridized carbons (Fsp3) is 0.200. The molecule has 24 heavy (non-hydrogen) atoms. The number of ether oxygens (including phenoxy) is 1. The topological polar surface area (TPSA) is 92.8 Å². The molecule has 2 N–H and O–H groups in total. The Labute approximate surface area is 146 Å². The average Bonchev–Trinajstić information content (AvgIpc) is 3.23. The SMILES string of the molecule is Cc1cccc(OCc2nc(SCC(=O)Nc3nccs3)n[nH]2)c1. The smallest absolute Gasteiger partial charge is 0.236 e. The summed E-state index contributed by atoms with van der Waals surface area (Å²) < 4.78 is 5.65. The van der Waals surface area contributed by atoms with E-state index in [0.717, 1.165) is 11.3 Å². The lowest BCUT2D eigenvalue weighted by molar-refractivity contribution is -0.113. The minimum Gasteiger partial charge on any atom is -0.486 e. The van der Waals surface area contributed by atoms with Crippen LogP contribution in [0.5, 0.6) is 5.75 Å². The van der Waals surface area contributed by atoms with Crippen molar-refractivity contribution in [2.75, 3.05) is 11.1 Å². The van der Waals surface area contributed by atoms with E-state index in [0.29, 0.717) is 22.7 Å². The highest BCUT2D eigenvalue weighted by Gasteiger charge is 2.09. The molecule has 0 unspecified atom stereocenters.